The van der Waals surface area contributed by atoms with E-state index < -0.39 is 12.2 Å². The Hall–Kier alpha value is -0.160. The summed E-state index contributed by atoms with van der Waals surface area (Å²) in [5.41, 5.74) is 0. The number of β-amino-alcohol motifs (C(OH)–C–C–N with tert-alkyl or cyclic N) is 2. The van der Waals surface area contributed by atoms with Crippen LogP contribution in [0.25, 0.3) is 0 Å². The Morgan fingerprint density at radius 2 is 1.76 bits per heavy atom. The third kappa shape index (κ3) is 4.92. The average molecular weight is 298 g/mol. The normalized spacial score (nSPS) is 38.0. The first-order valence-electron chi connectivity index (χ1n) is 8.95. The Morgan fingerprint density at radius 1 is 1.05 bits per heavy atom. The third-order valence-electron chi connectivity index (χ3n) is 5.27. The molecule has 0 bridgehead atoms. The van der Waals surface area contributed by atoms with Crippen molar-refractivity contribution in [3.8, 4) is 0 Å². The molecule has 3 N–H and O–H groups in total. The van der Waals surface area contributed by atoms with Crippen LogP contribution in [0.4, 0.5) is 0 Å². The number of hydrogen-bond acceptors (Lipinski definition) is 4. The molecule has 0 aromatic carbocycles. The minimum atomic E-state index is -0.554. The van der Waals surface area contributed by atoms with E-state index in [1.807, 2.05) is 0 Å². The molecule has 4 heteroatoms. The topological polar surface area (TPSA) is 55.7 Å². The zero-order chi connectivity index (χ0) is 15.2. The smallest absolute Gasteiger partial charge is 0.0938 e. The lowest BCUT2D eigenvalue weighted by Crippen LogP contribution is -2.46. The molecule has 1 heterocycles. The van der Waals surface area contributed by atoms with Crippen molar-refractivity contribution >= 4 is 0 Å². The molecule has 4 nitrogen and oxygen atoms in total. The van der Waals surface area contributed by atoms with Gasteiger partial charge in [0.15, 0.2) is 0 Å². The Kier molecular flexibility index (Phi) is 6.93. The zero-order valence-electron chi connectivity index (χ0n) is 13.8. The third-order valence-corrected chi connectivity index (χ3v) is 5.27. The van der Waals surface area contributed by atoms with Gasteiger partial charge in [0.05, 0.1) is 12.2 Å². The number of nitrogens with one attached hydrogen (secondary N) is 1. The fourth-order valence-electron chi connectivity index (χ4n) is 4.16. The molecule has 1 saturated carbocycles. The summed E-state index contributed by atoms with van der Waals surface area (Å²) in [5, 5.41) is 23.2. The van der Waals surface area contributed by atoms with Gasteiger partial charge in [-0.3, -0.25) is 4.90 Å². The molecule has 5 atom stereocenters. The number of likely N-dealkylation sites (tertiary alicyclic amines) is 1. The molecule has 1 aliphatic carbocycles. The molecule has 1 aliphatic heterocycles. The van der Waals surface area contributed by atoms with Crippen LogP contribution in [-0.2, 0) is 0 Å². The van der Waals surface area contributed by atoms with Crippen molar-refractivity contribution in [2.45, 2.75) is 70.6 Å². The van der Waals surface area contributed by atoms with Gasteiger partial charge in [-0.15, -0.1) is 0 Å². The predicted molar refractivity (Wildman–Crippen MR) is 86.3 cm³/mol. The lowest BCUT2D eigenvalue weighted by atomic mass is 9.76. The van der Waals surface area contributed by atoms with Crippen molar-refractivity contribution in [2.75, 3.05) is 26.2 Å². The first kappa shape index (κ1) is 17.2. The summed E-state index contributed by atoms with van der Waals surface area (Å²) in [7, 11) is 0. The van der Waals surface area contributed by atoms with Crippen LogP contribution in [0.1, 0.15) is 52.4 Å². The van der Waals surface area contributed by atoms with Crippen LogP contribution >= 0.6 is 0 Å². The Labute approximate surface area is 129 Å². The van der Waals surface area contributed by atoms with E-state index in [9.17, 15) is 10.2 Å². The van der Waals surface area contributed by atoms with Crippen molar-refractivity contribution in [1.82, 2.24) is 10.2 Å². The lowest BCUT2D eigenvalue weighted by Gasteiger charge is -2.38. The molecule has 0 spiro atoms. The Balaban J connectivity index is 1.89. The summed E-state index contributed by atoms with van der Waals surface area (Å²) in [4.78, 5) is 2.26. The van der Waals surface area contributed by atoms with Gasteiger partial charge in [0.1, 0.15) is 0 Å². The summed E-state index contributed by atoms with van der Waals surface area (Å²) in [6.45, 7) is 7.90. The van der Waals surface area contributed by atoms with Crippen molar-refractivity contribution < 1.29 is 10.2 Å². The SMILES string of the molecule is CCCNC1CCC(CCC)CC1CN1CC(O)C(O)C1. The molecule has 0 amide bonds. The number of aliphatic hydroxyl groups is 2. The van der Waals surface area contributed by atoms with Gasteiger partial charge in [0, 0.05) is 25.7 Å². The highest BCUT2D eigenvalue weighted by atomic mass is 16.3. The molecule has 0 aromatic heterocycles. The highest BCUT2D eigenvalue weighted by molar-refractivity contribution is 4.90. The Bertz CT molecular complexity index is 291. The first-order valence-corrected chi connectivity index (χ1v) is 8.95. The molecular formula is C17H34N2O2. The van der Waals surface area contributed by atoms with E-state index in [4.69, 9.17) is 0 Å². The number of hydrogen-bond donors (Lipinski definition) is 3. The van der Waals surface area contributed by atoms with Gasteiger partial charge in [-0.05, 0) is 44.1 Å². The van der Waals surface area contributed by atoms with Crippen LogP contribution in [0.3, 0.4) is 0 Å². The molecule has 2 aliphatic rings. The van der Waals surface area contributed by atoms with Crippen molar-refractivity contribution in [2.24, 2.45) is 11.8 Å². The molecule has 124 valence electrons. The highest BCUT2D eigenvalue weighted by Gasteiger charge is 2.35. The molecule has 0 radical (unpaired) electrons. The molecule has 1 saturated heterocycles. The second-order valence-corrected chi connectivity index (χ2v) is 7.14. The summed E-state index contributed by atoms with van der Waals surface area (Å²) < 4.78 is 0. The molecule has 2 rings (SSSR count). The minimum absolute atomic E-state index is 0.554. The predicted octanol–water partition coefficient (Wildman–Crippen LogP) is 1.61. The standard InChI is InChI=1S/C17H34N2O2/c1-3-5-13-6-7-15(18-8-4-2)14(9-13)10-19-11-16(20)17(21)12-19/h13-18,20-21H,3-12H2,1-2H3. The molecule has 5 unspecified atom stereocenters. The number of rotatable bonds is 7. The maximum absolute atomic E-state index is 9.73. The number of aliphatic hydroxyl groups excluding tert-OH is 2. The van der Waals surface area contributed by atoms with E-state index in [0.29, 0.717) is 25.0 Å². The van der Waals surface area contributed by atoms with E-state index in [-0.39, 0.29) is 0 Å². The molecule has 21 heavy (non-hydrogen) atoms. The lowest BCUT2D eigenvalue weighted by molar-refractivity contribution is 0.0572. The van der Waals surface area contributed by atoms with Crippen LogP contribution < -0.4 is 5.32 Å². The average Bonchev–Trinajstić information content (AvgIpc) is 2.77. The molecule has 2 fully saturated rings. The summed E-state index contributed by atoms with van der Waals surface area (Å²) in [6.07, 6.45) is 6.66. The van der Waals surface area contributed by atoms with E-state index >= 15 is 0 Å². The van der Waals surface area contributed by atoms with Gasteiger partial charge in [0.25, 0.3) is 0 Å². The maximum atomic E-state index is 9.73. The molecular weight excluding hydrogens is 264 g/mol. The van der Waals surface area contributed by atoms with Gasteiger partial charge in [-0.25, -0.2) is 0 Å². The van der Waals surface area contributed by atoms with Crippen LogP contribution in [0.5, 0.6) is 0 Å². The van der Waals surface area contributed by atoms with Crippen LogP contribution in [-0.4, -0.2) is 59.5 Å². The van der Waals surface area contributed by atoms with Crippen LogP contribution in [0.2, 0.25) is 0 Å². The van der Waals surface area contributed by atoms with Crippen molar-refractivity contribution in [3.63, 3.8) is 0 Å². The summed E-state index contributed by atoms with van der Waals surface area (Å²) in [5.74, 6) is 1.54. The largest absolute Gasteiger partial charge is 0.389 e. The van der Waals surface area contributed by atoms with Gasteiger partial charge >= 0.3 is 0 Å². The van der Waals surface area contributed by atoms with E-state index in [0.717, 1.165) is 19.0 Å². The van der Waals surface area contributed by atoms with E-state index in [1.165, 1.54) is 38.5 Å². The highest BCUT2D eigenvalue weighted by Crippen LogP contribution is 2.33. The van der Waals surface area contributed by atoms with Gasteiger partial charge < -0.3 is 15.5 Å². The van der Waals surface area contributed by atoms with Gasteiger partial charge in [-0.1, -0.05) is 26.7 Å². The number of nitrogens with zero attached hydrogens (tertiary/aromatic N) is 1. The van der Waals surface area contributed by atoms with Gasteiger partial charge in [0.2, 0.25) is 0 Å². The van der Waals surface area contributed by atoms with Crippen molar-refractivity contribution in [1.29, 1.82) is 0 Å². The second-order valence-electron chi connectivity index (χ2n) is 7.14. The van der Waals surface area contributed by atoms with Crippen LogP contribution in [0.15, 0.2) is 0 Å². The monoisotopic (exact) mass is 298 g/mol. The quantitative estimate of drug-likeness (QED) is 0.668. The fourth-order valence-corrected chi connectivity index (χ4v) is 4.16. The summed E-state index contributed by atoms with van der Waals surface area (Å²) >= 11 is 0. The fraction of sp³-hybridized carbons (Fsp3) is 1.00. The van der Waals surface area contributed by atoms with Crippen LogP contribution in [0, 0.1) is 11.8 Å². The van der Waals surface area contributed by atoms with E-state index in [2.05, 4.69) is 24.1 Å². The maximum Gasteiger partial charge on any atom is 0.0938 e. The van der Waals surface area contributed by atoms with E-state index in [1.54, 1.807) is 0 Å². The van der Waals surface area contributed by atoms with Crippen molar-refractivity contribution in [3.05, 3.63) is 0 Å². The summed E-state index contributed by atoms with van der Waals surface area (Å²) in [6, 6.07) is 0.618. The Morgan fingerprint density at radius 3 is 2.38 bits per heavy atom. The second kappa shape index (κ2) is 8.47. The molecule has 0 aromatic rings. The minimum Gasteiger partial charge on any atom is -0.389 e. The van der Waals surface area contributed by atoms with Gasteiger partial charge in [-0.2, -0.15) is 0 Å². The zero-order valence-corrected chi connectivity index (χ0v) is 13.8. The first-order chi connectivity index (χ1) is 10.1.